The van der Waals surface area contributed by atoms with Gasteiger partial charge in [0.25, 0.3) is 0 Å². The number of nitrogens with zero attached hydrogens (tertiary/aromatic N) is 1. The van der Waals surface area contributed by atoms with E-state index in [1.807, 2.05) is 36.4 Å². The van der Waals surface area contributed by atoms with Gasteiger partial charge in [0.1, 0.15) is 11.8 Å². The Kier molecular flexibility index (Phi) is 9.00. The van der Waals surface area contributed by atoms with Gasteiger partial charge < -0.3 is 15.0 Å². The fourth-order valence-corrected chi connectivity index (χ4v) is 3.18. The van der Waals surface area contributed by atoms with Gasteiger partial charge >= 0.3 is 0 Å². The van der Waals surface area contributed by atoms with E-state index in [9.17, 15) is 9.59 Å². The zero-order chi connectivity index (χ0) is 21.2. The number of rotatable bonds is 10. The van der Waals surface area contributed by atoms with Gasteiger partial charge in [0.2, 0.25) is 11.8 Å². The van der Waals surface area contributed by atoms with Crippen molar-refractivity contribution < 1.29 is 14.3 Å². The van der Waals surface area contributed by atoms with Crippen LogP contribution in [0.5, 0.6) is 5.75 Å². The van der Waals surface area contributed by atoms with E-state index in [1.165, 1.54) is 0 Å². The van der Waals surface area contributed by atoms with E-state index < -0.39 is 6.04 Å². The van der Waals surface area contributed by atoms with Gasteiger partial charge in [-0.25, -0.2) is 0 Å². The Hall–Kier alpha value is -2.53. The first kappa shape index (κ1) is 22.8. The summed E-state index contributed by atoms with van der Waals surface area (Å²) in [4.78, 5) is 27.3. The lowest BCUT2D eigenvalue weighted by Crippen LogP contribution is -2.48. The minimum absolute atomic E-state index is 0.124. The number of hydrogen-bond donors (Lipinski definition) is 1. The Morgan fingerprint density at radius 3 is 2.48 bits per heavy atom. The van der Waals surface area contributed by atoms with Crippen molar-refractivity contribution in [1.82, 2.24) is 10.2 Å². The van der Waals surface area contributed by atoms with Crippen molar-refractivity contribution in [1.29, 1.82) is 0 Å². The Morgan fingerprint density at radius 2 is 1.86 bits per heavy atom. The maximum Gasteiger partial charge on any atom is 0.242 e. The van der Waals surface area contributed by atoms with Gasteiger partial charge in [0.15, 0.2) is 0 Å². The maximum absolute atomic E-state index is 13.1. The van der Waals surface area contributed by atoms with Gasteiger partial charge in [-0.15, -0.1) is 0 Å². The Labute approximate surface area is 178 Å². The summed E-state index contributed by atoms with van der Waals surface area (Å²) in [6.07, 6.45) is 2.09. The van der Waals surface area contributed by atoms with Crippen LogP contribution in [-0.4, -0.2) is 36.4 Å². The Morgan fingerprint density at radius 1 is 1.14 bits per heavy atom. The molecule has 1 atom stereocenters. The summed E-state index contributed by atoms with van der Waals surface area (Å²) >= 11 is 6.05. The summed E-state index contributed by atoms with van der Waals surface area (Å²) in [5.41, 5.74) is 1.75. The molecule has 1 N–H and O–H groups in total. The van der Waals surface area contributed by atoms with Crippen LogP contribution < -0.4 is 10.1 Å². The molecule has 2 amide bonds. The molecule has 1 unspecified atom stereocenters. The highest BCUT2D eigenvalue weighted by molar-refractivity contribution is 6.30. The average Bonchev–Trinajstić information content (AvgIpc) is 2.72. The number of carbonyl (C=O) groups is 2. The number of halogens is 1. The largest absolute Gasteiger partial charge is 0.497 e. The molecular weight excluding hydrogens is 388 g/mol. The van der Waals surface area contributed by atoms with E-state index >= 15 is 0 Å². The molecule has 0 aliphatic rings. The molecule has 0 saturated carbocycles. The van der Waals surface area contributed by atoms with Crippen molar-refractivity contribution in [3.05, 3.63) is 64.7 Å². The van der Waals surface area contributed by atoms with Crippen LogP contribution in [0.25, 0.3) is 0 Å². The monoisotopic (exact) mass is 416 g/mol. The van der Waals surface area contributed by atoms with Gasteiger partial charge in [-0.1, -0.05) is 49.2 Å². The molecule has 2 aromatic rings. The molecule has 156 valence electrons. The van der Waals surface area contributed by atoms with Crippen LogP contribution in [0, 0.1) is 0 Å². The first-order chi connectivity index (χ1) is 13.9. The first-order valence-electron chi connectivity index (χ1n) is 9.89. The number of methoxy groups -OCH3 is 1. The molecule has 0 radical (unpaired) electrons. The van der Waals surface area contributed by atoms with Crippen LogP contribution in [0.15, 0.2) is 48.5 Å². The van der Waals surface area contributed by atoms with Gasteiger partial charge in [0, 0.05) is 18.1 Å². The smallest absolute Gasteiger partial charge is 0.242 e. The number of unbranched alkanes of at least 4 members (excludes halogenated alkanes) is 1. The summed E-state index contributed by atoms with van der Waals surface area (Å²) in [5, 5.41) is 3.51. The average molecular weight is 417 g/mol. The second-order valence-corrected chi connectivity index (χ2v) is 7.43. The van der Waals surface area contributed by atoms with E-state index in [4.69, 9.17) is 16.3 Å². The first-order valence-corrected chi connectivity index (χ1v) is 10.3. The molecule has 0 fully saturated rings. The van der Waals surface area contributed by atoms with Crippen LogP contribution in [0.1, 0.15) is 37.8 Å². The van der Waals surface area contributed by atoms with Crippen LogP contribution in [0.2, 0.25) is 5.02 Å². The number of nitrogens with one attached hydrogen (secondary N) is 1. The minimum Gasteiger partial charge on any atom is -0.497 e. The number of benzene rings is 2. The van der Waals surface area contributed by atoms with Crippen molar-refractivity contribution in [3.8, 4) is 5.75 Å². The fraction of sp³-hybridized carbons (Fsp3) is 0.391. The summed E-state index contributed by atoms with van der Waals surface area (Å²) in [5.74, 6) is 0.476. The lowest BCUT2D eigenvalue weighted by atomic mass is 10.1. The van der Waals surface area contributed by atoms with Crippen molar-refractivity contribution in [2.75, 3.05) is 13.7 Å². The number of hydrogen-bond acceptors (Lipinski definition) is 3. The third-order valence-corrected chi connectivity index (χ3v) is 4.99. The molecule has 5 nitrogen and oxygen atoms in total. The number of ether oxygens (including phenoxy) is 1. The Bertz CT molecular complexity index is 808. The molecule has 0 aromatic heterocycles. The standard InChI is InChI=1S/C23H29ClN2O3/c1-4-5-13-25-23(28)17(2)26(16-18-9-11-21(29-3)12-10-18)22(27)15-19-7-6-8-20(24)14-19/h6-12,14,17H,4-5,13,15-16H2,1-3H3,(H,25,28). The molecule has 0 aliphatic heterocycles. The molecule has 0 aliphatic carbocycles. The van der Waals surface area contributed by atoms with Crippen LogP contribution in [0.3, 0.4) is 0 Å². The summed E-state index contributed by atoms with van der Waals surface area (Å²) in [6.45, 7) is 4.78. The Balaban J connectivity index is 2.18. The predicted molar refractivity (Wildman–Crippen MR) is 116 cm³/mol. The van der Waals surface area contributed by atoms with E-state index in [1.54, 1.807) is 31.1 Å². The van der Waals surface area contributed by atoms with E-state index in [-0.39, 0.29) is 18.2 Å². The van der Waals surface area contributed by atoms with Gasteiger partial charge in [-0.2, -0.15) is 0 Å². The maximum atomic E-state index is 13.1. The summed E-state index contributed by atoms with van der Waals surface area (Å²) < 4.78 is 5.20. The molecule has 2 rings (SSSR count). The van der Waals surface area contributed by atoms with E-state index in [0.717, 1.165) is 29.7 Å². The van der Waals surface area contributed by atoms with Crippen LogP contribution >= 0.6 is 11.6 Å². The van der Waals surface area contributed by atoms with Crippen molar-refractivity contribution in [3.63, 3.8) is 0 Å². The molecular formula is C23H29ClN2O3. The van der Waals surface area contributed by atoms with E-state index in [0.29, 0.717) is 18.1 Å². The van der Waals surface area contributed by atoms with Crippen LogP contribution in [0.4, 0.5) is 0 Å². The molecule has 6 heteroatoms. The fourth-order valence-electron chi connectivity index (χ4n) is 2.97. The second-order valence-electron chi connectivity index (χ2n) is 7.00. The third-order valence-electron chi connectivity index (χ3n) is 4.75. The summed E-state index contributed by atoms with van der Waals surface area (Å²) in [7, 11) is 1.61. The highest BCUT2D eigenvalue weighted by atomic mass is 35.5. The second kappa shape index (κ2) is 11.5. The molecule has 29 heavy (non-hydrogen) atoms. The van der Waals surface area contributed by atoms with Gasteiger partial charge in [-0.05, 0) is 48.7 Å². The zero-order valence-electron chi connectivity index (χ0n) is 17.3. The SMILES string of the molecule is CCCCNC(=O)C(C)N(Cc1ccc(OC)cc1)C(=O)Cc1cccc(Cl)c1. The van der Waals surface area contributed by atoms with Gasteiger partial charge in [0.05, 0.1) is 13.5 Å². The van der Waals surface area contributed by atoms with Gasteiger partial charge in [-0.3, -0.25) is 9.59 Å². The van der Waals surface area contributed by atoms with Crippen LogP contribution in [-0.2, 0) is 22.6 Å². The molecule has 0 heterocycles. The molecule has 0 bridgehead atoms. The molecule has 0 spiro atoms. The lowest BCUT2D eigenvalue weighted by Gasteiger charge is -2.29. The molecule has 2 aromatic carbocycles. The summed E-state index contributed by atoms with van der Waals surface area (Å²) in [6, 6.07) is 14.1. The highest BCUT2D eigenvalue weighted by Gasteiger charge is 2.26. The van der Waals surface area contributed by atoms with Crippen molar-refractivity contribution in [2.45, 2.75) is 45.7 Å². The zero-order valence-corrected chi connectivity index (χ0v) is 18.0. The van der Waals surface area contributed by atoms with Crippen molar-refractivity contribution in [2.24, 2.45) is 0 Å². The highest BCUT2D eigenvalue weighted by Crippen LogP contribution is 2.17. The topological polar surface area (TPSA) is 58.6 Å². The van der Waals surface area contributed by atoms with E-state index in [2.05, 4.69) is 12.2 Å². The quantitative estimate of drug-likeness (QED) is 0.590. The van der Waals surface area contributed by atoms with Crippen molar-refractivity contribution >= 4 is 23.4 Å². The minimum atomic E-state index is -0.583. The molecule has 0 saturated heterocycles. The third kappa shape index (κ3) is 7.09. The predicted octanol–water partition coefficient (Wildman–Crippen LogP) is 4.22. The normalized spacial score (nSPS) is 11.6. The number of carbonyl (C=O) groups excluding carboxylic acids is 2. The number of amides is 2. The lowest BCUT2D eigenvalue weighted by molar-refractivity contribution is -0.140.